The van der Waals surface area contributed by atoms with Crippen LogP contribution in [0.2, 0.25) is 0 Å². The van der Waals surface area contributed by atoms with Gasteiger partial charge < -0.3 is 10.4 Å². The van der Waals surface area contributed by atoms with E-state index in [0.717, 1.165) is 25.7 Å². The molecule has 0 aliphatic heterocycles. The highest BCUT2D eigenvalue weighted by Crippen LogP contribution is 2.35. The normalized spacial score (nSPS) is 28.9. The van der Waals surface area contributed by atoms with Crippen LogP contribution in [0.3, 0.4) is 0 Å². The van der Waals surface area contributed by atoms with E-state index < -0.39 is 5.97 Å². The minimum Gasteiger partial charge on any atom is -0.481 e. The average molecular weight is 293 g/mol. The van der Waals surface area contributed by atoms with E-state index in [9.17, 15) is 9.59 Å². The summed E-state index contributed by atoms with van der Waals surface area (Å²) >= 11 is 1.74. The molecule has 3 rings (SSSR count). The molecule has 2 N–H and O–H groups in total. The molecule has 5 heteroatoms. The van der Waals surface area contributed by atoms with Gasteiger partial charge in [-0.15, -0.1) is 11.3 Å². The highest BCUT2D eigenvalue weighted by Gasteiger charge is 2.33. The molecular formula is C15H19NO3S. The summed E-state index contributed by atoms with van der Waals surface area (Å²) < 4.78 is 0. The summed E-state index contributed by atoms with van der Waals surface area (Å²) in [6.07, 6.45) is 5.09. The zero-order chi connectivity index (χ0) is 14.1. The molecule has 1 amide bonds. The van der Waals surface area contributed by atoms with Gasteiger partial charge in [-0.25, -0.2) is 0 Å². The van der Waals surface area contributed by atoms with Gasteiger partial charge in [-0.1, -0.05) is 0 Å². The zero-order valence-electron chi connectivity index (χ0n) is 11.3. The molecule has 0 aromatic carbocycles. The maximum Gasteiger partial charge on any atom is 0.306 e. The summed E-state index contributed by atoms with van der Waals surface area (Å²) in [5.41, 5.74) is 1.19. The Morgan fingerprint density at radius 2 is 2.15 bits per heavy atom. The number of aryl methyl sites for hydroxylation is 1. The minimum atomic E-state index is -0.737. The van der Waals surface area contributed by atoms with Crippen LogP contribution in [-0.2, 0) is 16.0 Å². The monoisotopic (exact) mass is 293 g/mol. The van der Waals surface area contributed by atoms with E-state index in [-0.39, 0.29) is 23.8 Å². The number of carboxylic acid groups (broad SMARTS) is 1. The molecule has 1 aromatic rings. The van der Waals surface area contributed by atoms with E-state index in [0.29, 0.717) is 12.8 Å². The van der Waals surface area contributed by atoms with Crippen LogP contribution in [0.15, 0.2) is 11.4 Å². The lowest BCUT2D eigenvalue weighted by Crippen LogP contribution is -2.37. The summed E-state index contributed by atoms with van der Waals surface area (Å²) in [6, 6.07) is 2.10. The second-order valence-corrected chi connectivity index (χ2v) is 6.80. The maximum absolute atomic E-state index is 12.4. The standard InChI is InChI=1S/C15H19NO3S/c17-14(16-10-5-4-9(8-10)15(18)19)12-2-1-3-13-11(12)6-7-20-13/h6-7,9-10,12H,1-5,8H2,(H,16,17)(H,18,19). The smallest absolute Gasteiger partial charge is 0.306 e. The third-order valence-corrected chi connectivity index (χ3v) is 5.49. The topological polar surface area (TPSA) is 66.4 Å². The molecule has 0 saturated heterocycles. The van der Waals surface area contributed by atoms with Crippen molar-refractivity contribution in [1.82, 2.24) is 5.32 Å². The van der Waals surface area contributed by atoms with Crippen molar-refractivity contribution in [2.45, 2.75) is 50.5 Å². The molecular weight excluding hydrogens is 274 g/mol. The molecule has 0 spiro atoms. The van der Waals surface area contributed by atoms with E-state index in [2.05, 4.69) is 16.8 Å². The Bertz CT molecular complexity index is 525. The van der Waals surface area contributed by atoms with Gasteiger partial charge in [0.2, 0.25) is 5.91 Å². The minimum absolute atomic E-state index is 0.0334. The zero-order valence-corrected chi connectivity index (χ0v) is 12.1. The van der Waals surface area contributed by atoms with Crippen molar-refractivity contribution in [2.75, 3.05) is 0 Å². The van der Waals surface area contributed by atoms with Gasteiger partial charge in [-0.3, -0.25) is 9.59 Å². The molecule has 3 unspecified atom stereocenters. The number of hydrogen-bond donors (Lipinski definition) is 2. The predicted molar refractivity (Wildman–Crippen MR) is 76.9 cm³/mol. The first-order chi connectivity index (χ1) is 9.65. The van der Waals surface area contributed by atoms with Crippen LogP contribution in [0.1, 0.15) is 48.5 Å². The summed E-state index contributed by atoms with van der Waals surface area (Å²) in [5.74, 6) is -0.975. The molecule has 20 heavy (non-hydrogen) atoms. The molecule has 0 bridgehead atoms. The van der Waals surface area contributed by atoms with Gasteiger partial charge in [0, 0.05) is 10.9 Å². The van der Waals surface area contributed by atoms with Crippen molar-refractivity contribution < 1.29 is 14.7 Å². The number of rotatable bonds is 3. The van der Waals surface area contributed by atoms with Gasteiger partial charge in [-0.2, -0.15) is 0 Å². The van der Waals surface area contributed by atoms with Crippen LogP contribution >= 0.6 is 11.3 Å². The number of nitrogens with one attached hydrogen (secondary N) is 1. The Labute approximate surface area is 122 Å². The van der Waals surface area contributed by atoms with Gasteiger partial charge in [-0.05, 0) is 55.5 Å². The van der Waals surface area contributed by atoms with Gasteiger partial charge in [0.25, 0.3) is 0 Å². The fourth-order valence-corrected chi connectivity index (χ4v) is 4.38. The summed E-state index contributed by atoms with van der Waals surface area (Å²) in [6.45, 7) is 0. The third kappa shape index (κ3) is 2.59. The fraction of sp³-hybridized carbons (Fsp3) is 0.600. The lowest BCUT2D eigenvalue weighted by atomic mass is 9.87. The second-order valence-electron chi connectivity index (χ2n) is 5.80. The Kier molecular flexibility index (Phi) is 3.78. The largest absolute Gasteiger partial charge is 0.481 e. The molecule has 1 fully saturated rings. The van der Waals surface area contributed by atoms with E-state index in [1.54, 1.807) is 11.3 Å². The molecule has 2 aliphatic rings. The first-order valence-electron chi connectivity index (χ1n) is 7.24. The van der Waals surface area contributed by atoms with Crippen LogP contribution < -0.4 is 5.32 Å². The average Bonchev–Trinajstić information content (AvgIpc) is 3.05. The maximum atomic E-state index is 12.4. The molecule has 108 valence electrons. The number of amides is 1. The summed E-state index contributed by atoms with van der Waals surface area (Å²) in [5, 5.41) is 14.1. The predicted octanol–water partition coefficient (Wildman–Crippen LogP) is 2.54. The van der Waals surface area contributed by atoms with Crippen LogP contribution in [-0.4, -0.2) is 23.0 Å². The van der Waals surface area contributed by atoms with Crippen LogP contribution in [0.5, 0.6) is 0 Å². The van der Waals surface area contributed by atoms with Crippen molar-refractivity contribution in [3.05, 3.63) is 21.9 Å². The van der Waals surface area contributed by atoms with Crippen molar-refractivity contribution in [3.8, 4) is 0 Å². The lowest BCUT2D eigenvalue weighted by Gasteiger charge is -2.23. The first-order valence-corrected chi connectivity index (χ1v) is 8.12. The van der Waals surface area contributed by atoms with Crippen molar-refractivity contribution in [2.24, 2.45) is 5.92 Å². The van der Waals surface area contributed by atoms with Crippen LogP contribution in [0, 0.1) is 5.92 Å². The Balaban J connectivity index is 1.63. The molecule has 1 saturated carbocycles. The Morgan fingerprint density at radius 3 is 2.90 bits per heavy atom. The number of carboxylic acids is 1. The molecule has 1 heterocycles. The van der Waals surface area contributed by atoms with Crippen molar-refractivity contribution >= 4 is 23.2 Å². The van der Waals surface area contributed by atoms with E-state index >= 15 is 0 Å². The SMILES string of the molecule is O=C(O)C1CCC(NC(=O)C2CCCc3sccc32)C1. The van der Waals surface area contributed by atoms with Gasteiger partial charge in [0.15, 0.2) is 0 Å². The number of hydrogen-bond acceptors (Lipinski definition) is 3. The Hall–Kier alpha value is -1.36. The number of carbonyl (C=O) groups is 2. The van der Waals surface area contributed by atoms with Crippen molar-refractivity contribution in [3.63, 3.8) is 0 Å². The molecule has 4 nitrogen and oxygen atoms in total. The molecule has 0 radical (unpaired) electrons. The number of aliphatic carboxylic acids is 1. The molecule has 1 aromatic heterocycles. The lowest BCUT2D eigenvalue weighted by molar-refractivity contribution is -0.141. The molecule has 2 aliphatic carbocycles. The molecule has 3 atom stereocenters. The van der Waals surface area contributed by atoms with Gasteiger partial charge >= 0.3 is 5.97 Å². The number of carbonyl (C=O) groups excluding carboxylic acids is 1. The second kappa shape index (κ2) is 5.56. The van der Waals surface area contributed by atoms with Gasteiger partial charge in [0.1, 0.15) is 0 Å². The first kappa shape index (κ1) is 13.6. The van der Waals surface area contributed by atoms with E-state index in [1.165, 1.54) is 10.4 Å². The summed E-state index contributed by atoms with van der Waals surface area (Å²) in [4.78, 5) is 24.7. The highest BCUT2D eigenvalue weighted by atomic mass is 32.1. The van der Waals surface area contributed by atoms with E-state index in [4.69, 9.17) is 5.11 Å². The summed E-state index contributed by atoms with van der Waals surface area (Å²) in [7, 11) is 0. The quantitative estimate of drug-likeness (QED) is 0.900. The number of fused-ring (bicyclic) bond motifs is 1. The van der Waals surface area contributed by atoms with E-state index in [1.807, 2.05) is 0 Å². The van der Waals surface area contributed by atoms with Crippen molar-refractivity contribution in [1.29, 1.82) is 0 Å². The van der Waals surface area contributed by atoms with Gasteiger partial charge in [0.05, 0.1) is 11.8 Å². The number of thiophene rings is 1. The highest BCUT2D eigenvalue weighted by molar-refractivity contribution is 7.10. The third-order valence-electron chi connectivity index (χ3n) is 4.50. The fourth-order valence-electron chi connectivity index (χ4n) is 3.40. The van der Waals surface area contributed by atoms with Crippen LogP contribution in [0.25, 0.3) is 0 Å². The van der Waals surface area contributed by atoms with Crippen LogP contribution in [0.4, 0.5) is 0 Å². The Morgan fingerprint density at radius 1 is 1.30 bits per heavy atom.